The Morgan fingerprint density at radius 2 is 1.06 bits per heavy atom. The molecule has 3 heteroatoms. The van der Waals surface area contributed by atoms with Gasteiger partial charge in [-0.3, -0.25) is 9.55 Å². The van der Waals surface area contributed by atoms with Crippen LogP contribution in [0.1, 0.15) is 25.0 Å². The first kappa shape index (κ1) is 28.7. The van der Waals surface area contributed by atoms with Crippen molar-refractivity contribution < 1.29 is 0 Å². The zero-order valence-corrected chi connectivity index (χ0v) is 27.9. The number of rotatable bonds is 4. The van der Waals surface area contributed by atoms with Crippen molar-refractivity contribution in [3.05, 3.63) is 175 Å². The molecule has 0 radical (unpaired) electrons. The molecule has 3 nitrogen and oxygen atoms in total. The molecule has 7 aromatic carbocycles. The Morgan fingerprint density at radius 1 is 0.460 bits per heavy atom. The first-order valence-corrected chi connectivity index (χ1v) is 17.2. The van der Waals surface area contributed by atoms with Gasteiger partial charge < -0.3 is 0 Å². The lowest BCUT2D eigenvalue weighted by Crippen LogP contribution is -2.14. The van der Waals surface area contributed by atoms with E-state index < -0.39 is 0 Å². The molecule has 9 aromatic rings. The van der Waals surface area contributed by atoms with Gasteiger partial charge in [0.15, 0.2) is 5.82 Å². The van der Waals surface area contributed by atoms with Crippen LogP contribution in [-0.4, -0.2) is 14.5 Å². The Kier molecular flexibility index (Phi) is 6.22. The van der Waals surface area contributed by atoms with Gasteiger partial charge >= 0.3 is 0 Å². The van der Waals surface area contributed by atoms with Gasteiger partial charge in [-0.15, -0.1) is 0 Å². The summed E-state index contributed by atoms with van der Waals surface area (Å²) < 4.78 is 2.34. The van der Waals surface area contributed by atoms with E-state index >= 15 is 0 Å². The van der Waals surface area contributed by atoms with Crippen molar-refractivity contribution >= 4 is 32.6 Å². The number of nitrogens with zero attached hydrogens (tertiary/aromatic N) is 3. The standard InChI is InChI=1S/C47H33N3/c1-47(2)39-23-21-32-17-9-10-18-36(32)44(39)45-40(47)24-22-38-37-19-11-12-20-42(37)50(46(38)45)43-29-48-41(28-49-43)35-26-33(30-13-5-3-6-14-30)25-34(27-35)31-15-7-4-8-16-31/h3-29H,1-2H3. The monoisotopic (exact) mass is 639 g/mol. The molecule has 0 fully saturated rings. The smallest absolute Gasteiger partial charge is 0.156 e. The van der Waals surface area contributed by atoms with E-state index in [-0.39, 0.29) is 5.41 Å². The number of hydrogen-bond acceptors (Lipinski definition) is 2. The van der Waals surface area contributed by atoms with E-state index in [0.717, 1.165) is 33.7 Å². The van der Waals surface area contributed by atoms with Gasteiger partial charge in [0.25, 0.3) is 0 Å². The summed E-state index contributed by atoms with van der Waals surface area (Å²) in [6.45, 7) is 4.71. The molecule has 1 aliphatic carbocycles. The number of benzene rings is 7. The molecular formula is C47H33N3. The van der Waals surface area contributed by atoms with Gasteiger partial charge in [-0.05, 0) is 74.0 Å². The molecule has 50 heavy (non-hydrogen) atoms. The number of para-hydroxylation sites is 1. The minimum Gasteiger partial charge on any atom is -0.292 e. The predicted octanol–water partition coefficient (Wildman–Crippen LogP) is 12.0. The van der Waals surface area contributed by atoms with Crippen LogP contribution < -0.4 is 0 Å². The molecule has 2 aromatic heterocycles. The summed E-state index contributed by atoms with van der Waals surface area (Å²) in [5, 5.41) is 4.98. The quantitative estimate of drug-likeness (QED) is 0.192. The molecule has 0 unspecified atom stereocenters. The fourth-order valence-electron chi connectivity index (χ4n) is 8.23. The third-order valence-corrected chi connectivity index (χ3v) is 10.7. The van der Waals surface area contributed by atoms with Crippen LogP contribution >= 0.6 is 0 Å². The van der Waals surface area contributed by atoms with Crippen molar-refractivity contribution in [3.8, 4) is 50.5 Å². The molecule has 0 aliphatic heterocycles. The zero-order valence-electron chi connectivity index (χ0n) is 27.9. The highest BCUT2D eigenvalue weighted by atomic mass is 15.1. The first-order valence-electron chi connectivity index (χ1n) is 17.2. The van der Waals surface area contributed by atoms with Gasteiger partial charge in [-0.2, -0.15) is 0 Å². The summed E-state index contributed by atoms with van der Waals surface area (Å²) in [4.78, 5) is 10.3. The molecule has 1 aliphatic rings. The van der Waals surface area contributed by atoms with Crippen molar-refractivity contribution in [1.29, 1.82) is 0 Å². The second kappa shape index (κ2) is 10.8. The van der Waals surface area contributed by atoms with Crippen LogP contribution in [0.15, 0.2) is 164 Å². The molecule has 236 valence electrons. The van der Waals surface area contributed by atoms with E-state index in [2.05, 4.69) is 170 Å². The fraction of sp³-hybridized carbons (Fsp3) is 0.0638. The first-order chi connectivity index (χ1) is 24.6. The third kappa shape index (κ3) is 4.23. The Labute approximate surface area is 291 Å². The summed E-state index contributed by atoms with van der Waals surface area (Å²) >= 11 is 0. The van der Waals surface area contributed by atoms with Crippen molar-refractivity contribution in [2.75, 3.05) is 0 Å². The lowest BCUT2D eigenvalue weighted by molar-refractivity contribution is 0.661. The lowest BCUT2D eigenvalue weighted by Gasteiger charge is -2.21. The molecule has 0 amide bonds. The van der Waals surface area contributed by atoms with Gasteiger partial charge in [0.1, 0.15) is 0 Å². The summed E-state index contributed by atoms with van der Waals surface area (Å²) in [7, 11) is 0. The Bertz CT molecular complexity index is 2700. The second-order valence-electron chi connectivity index (χ2n) is 13.9. The average molecular weight is 640 g/mol. The van der Waals surface area contributed by atoms with Crippen LogP contribution in [0.25, 0.3) is 83.0 Å². The third-order valence-electron chi connectivity index (χ3n) is 10.7. The Balaban J connectivity index is 1.20. The molecular weight excluding hydrogens is 607 g/mol. The molecule has 0 saturated heterocycles. The average Bonchev–Trinajstić information content (AvgIpc) is 3.64. The van der Waals surface area contributed by atoms with Gasteiger partial charge in [-0.25, -0.2) is 4.98 Å². The molecule has 2 heterocycles. The summed E-state index contributed by atoms with van der Waals surface area (Å²) in [6.07, 6.45) is 3.88. The molecule has 0 spiro atoms. The molecule has 0 bridgehead atoms. The molecule has 0 N–H and O–H groups in total. The molecule has 10 rings (SSSR count). The van der Waals surface area contributed by atoms with E-state index in [0.29, 0.717) is 0 Å². The Hall–Kier alpha value is -6.32. The second-order valence-corrected chi connectivity index (χ2v) is 13.9. The summed E-state index contributed by atoms with van der Waals surface area (Å²) in [5.41, 5.74) is 14.0. The van der Waals surface area contributed by atoms with Gasteiger partial charge in [0, 0.05) is 27.3 Å². The van der Waals surface area contributed by atoms with Crippen molar-refractivity contribution in [2.45, 2.75) is 19.3 Å². The maximum atomic E-state index is 5.18. The lowest BCUT2D eigenvalue weighted by atomic mass is 9.82. The van der Waals surface area contributed by atoms with E-state index in [9.17, 15) is 0 Å². The van der Waals surface area contributed by atoms with Gasteiger partial charge in [0.05, 0.1) is 29.1 Å². The number of hydrogen-bond donors (Lipinski definition) is 0. The minimum absolute atomic E-state index is 0.139. The minimum atomic E-state index is -0.139. The van der Waals surface area contributed by atoms with Crippen LogP contribution in [0.3, 0.4) is 0 Å². The number of fused-ring (bicyclic) bond motifs is 9. The van der Waals surface area contributed by atoms with Gasteiger partial charge in [0.2, 0.25) is 0 Å². The molecule has 0 atom stereocenters. The van der Waals surface area contributed by atoms with E-state index in [1.54, 1.807) is 0 Å². The molecule has 0 saturated carbocycles. The highest BCUT2D eigenvalue weighted by Gasteiger charge is 2.38. The number of aromatic nitrogens is 3. The summed E-state index contributed by atoms with van der Waals surface area (Å²) in [6, 6.07) is 54.5. The van der Waals surface area contributed by atoms with Crippen LogP contribution in [0.5, 0.6) is 0 Å². The van der Waals surface area contributed by atoms with Crippen LogP contribution in [0.4, 0.5) is 0 Å². The largest absolute Gasteiger partial charge is 0.292 e. The SMILES string of the molecule is CC1(C)c2ccc3ccccc3c2-c2c1ccc1c3ccccc3n(-c3cnc(-c4cc(-c5ccccc5)cc(-c5ccccc5)c4)cn3)c21. The van der Waals surface area contributed by atoms with Crippen LogP contribution in [-0.2, 0) is 5.41 Å². The highest BCUT2D eigenvalue weighted by Crippen LogP contribution is 2.55. The normalized spacial score (nSPS) is 13.2. The fourth-order valence-corrected chi connectivity index (χ4v) is 8.23. The van der Waals surface area contributed by atoms with Crippen molar-refractivity contribution in [1.82, 2.24) is 14.5 Å². The zero-order chi connectivity index (χ0) is 33.4. The Morgan fingerprint density at radius 3 is 1.76 bits per heavy atom. The highest BCUT2D eigenvalue weighted by molar-refractivity contribution is 6.18. The maximum Gasteiger partial charge on any atom is 0.156 e. The van der Waals surface area contributed by atoms with E-state index in [1.165, 1.54) is 60.4 Å². The van der Waals surface area contributed by atoms with Crippen molar-refractivity contribution in [3.63, 3.8) is 0 Å². The van der Waals surface area contributed by atoms with E-state index in [1.807, 2.05) is 12.4 Å². The van der Waals surface area contributed by atoms with Crippen molar-refractivity contribution in [2.24, 2.45) is 0 Å². The van der Waals surface area contributed by atoms with E-state index in [4.69, 9.17) is 9.97 Å². The predicted molar refractivity (Wildman–Crippen MR) is 208 cm³/mol. The maximum absolute atomic E-state index is 5.18. The van der Waals surface area contributed by atoms with Crippen LogP contribution in [0, 0.1) is 0 Å². The van der Waals surface area contributed by atoms with Gasteiger partial charge in [-0.1, -0.05) is 141 Å². The summed E-state index contributed by atoms with van der Waals surface area (Å²) in [5.74, 6) is 0.808. The van der Waals surface area contributed by atoms with Crippen LogP contribution in [0.2, 0.25) is 0 Å². The topological polar surface area (TPSA) is 30.7 Å².